The van der Waals surface area contributed by atoms with Crippen molar-refractivity contribution in [2.24, 2.45) is 0 Å². The normalized spacial score (nSPS) is 10.3. The topological polar surface area (TPSA) is 47.0 Å². The van der Waals surface area contributed by atoms with Gasteiger partial charge in [0.05, 0.1) is 12.3 Å². The van der Waals surface area contributed by atoms with Gasteiger partial charge in [0.2, 0.25) is 5.95 Å². The average molecular weight is 261 g/mol. The second-order valence-electron chi connectivity index (χ2n) is 4.05. The van der Waals surface area contributed by atoms with Gasteiger partial charge in [0.25, 0.3) is 0 Å². The van der Waals surface area contributed by atoms with Gasteiger partial charge in [0.15, 0.2) is 11.6 Å². The molecular weight excluding hydrogens is 245 g/mol. The Kier molecular flexibility index (Phi) is 3.94. The van der Waals surface area contributed by atoms with Crippen LogP contribution in [0.3, 0.4) is 0 Å². The third-order valence-corrected chi connectivity index (χ3v) is 2.61. The molecule has 0 aliphatic rings. The predicted octanol–water partition coefficient (Wildman–Crippen LogP) is 3.03. The molecule has 0 bridgehead atoms. The van der Waals surface area contributed by atoms with Gasteiger partial charge in [-0.1, -0.05) is 0 Å². The van der Waals surface area contributed by atoms with Gasteiger partial charge in [-0.2, -0.15) is 0 Å². The van der Waals surface area contributed by atoms with Crippen molar-refractivity contribution in [3.8, 4) is 17.0 Å². The van der Waals surface area contributed by atoms with E-state index in [9.17, 15) is 4.39 Å². The summed E-state index contributed by atoms with van der Waals surface area (Å²) in [6.07, 6.45) is 0. The first-order chi connectivity index (χ1) is 9.13. The van der Waals surface area contributed by atoms with Crippen molar-refractivity contribution in [2.75, 3.05) is 19.0 Å². The van der Waals surface area contributed by atoms with Crippen LogP contribution in [0, 0.1) is 12.7 Å². The highest BCUT2D eigenvalue weighted by Crippen LogP contribution is 2.25. The number of aryl methyl sites for hydroxylation is 1. The Bertz CT molecular complexity index is 587. The lowest BCUT2D eigenvalue weighted by atomic mass is 10.1. The summed E-state index contributed by atoms with van der Waals surface area (Å²) in [7, 11) is 1.75. The lowest BCUT2D eigenvalue weighted by Gasteiger charge is -2.08. The van der Waals surface area contributed by atoms with E-state index in [0.29, 0.717) is 23.8 Å². The van der Waals surface area contributed by atoms with E-state index in [4.69, 9.17) is 4.74 Å². The summed E-state index contributed by atoms with van der Waals surface area (Å²) < 4.78 is 19.0. The largest absolute Gasteiger partial charge is 0.491 e. The molecule has 0 aliphatic heterocycles. The van der Waals surface area contributed by atoms with Crippen molar-refractivity contribution < 1.29 is 9.13 Å². The van der Waals surface area contributed by atoms with E-state index < -0.39 is 0 Å². The number of anilines is 1. The Morgan fingerprint density at radius 1 is 1.26 bits per heavy atom. The number of ether oxygens (including phenoxy) is 1. The highest BCUT2D eigenvalue weighted by molar-refractivity contribution is 5.62. The van der Waals surface area contributed by atoms with Gasteiger partial charge in [-0.3, -0.25) is 0 Å². The van der Waals surface area contributed by atoms with Gasteiger partial charge >= 0.3 is 0 Å². The van der Waals surface area contributed by atoms with Crippen LogP contribution in [0.5, 0.6) is 5.75 Å². The molecule has 2 aromatic rings. The molecule has 1 aromatic heterocycles. The van der Waals surface area contributed by atoms with Crippen molar-refractivity contribution >= 4 is 5.95 Å². The van der Waals surface area contributed by atoms with Crippen LogP contribution in [0.15, 0.2) is 24.3 Å². The van der Waals surface area contributed by atoms with E-state index in [1.807, 2.05) is 19.9 Å². The van der Waals surface area contributed by atoms with Crippen LogP contribution in [0.2, 0.25) is 0 Å². The Morgan fingerprint density at radius 3 is 2.68 bits per heavy atom. The molecule has 0 fully saturated rings. The van der Waals surface area contributed by atoms with Crippen LogP contribution in [0.1, 0.15) is 12.6 Å². The molecule has 100 valence electrons. The molecule has 0 aliphatic carbocycles. The maximum absolute atomic E-state index is 13.8. The van der Waals surface area contributed by atoms with Gasteiger partial charge in [0, 0.05) is 18.3 Å². The standard InChI is InChI=1S/C14H16FN3O/c1-4-19-13-6-5-10(8-11(13)15)12-7-9(2)17-14(16-3)18-12/h5-8H,4H2,1-3H3,(H,16,17,18). The van der Waals surface area contributed by atoms with Crippen LogP contribution < -0.4 is 10.1 Å². The summed E-state index contributed by atoms with van der Waals surface area (Å²) in [4.78, 5) is 8.52. The van der Waals surface area contributed by atoms with Crippen molar-refractivity contribution in [3.05, 3.63) is 35.8 Å². The van der Waals surface area contributed by atoms with Gasteiger partial charge in [-0.25, -0.2) is 14.4 Å². The number of aromatic nitrogens is 2. The second-order valence-corrected chi connectivity index (χ2v) is 4.05. The molecule has 19 heavy (non-hydrogen) atoms. The molecule has 0 radical (unpaired) electrons. The summed E-state index contributed by atoms with van der Waals surface area (Å²) in [6.45, 7) is 4.13. The van der Waals surface area contributed by atoms with Gasteiger partial charge in [0.1, 0.15) is 0 Å². The highest BCUT2D eigenvalue weighted by Gasteiger charge is 2.08. The fourth-order valence-corrected chi connectivity index (χ4v) is 1.76. The van der Waals surface area contributed by atoms with E-state index in [-0.39, 0.29) is 11.6 Å². The molecule has 0 spiro atoms. The third kappa shape index (κ3) is 2.99. The predicted molar refractivity (Wildman–Crippen MR) is 72.9 cm³/mol. The molecule has 0 amide bonds. The van der Waals surface area contributed by atoms with Gasteiger partial charge < -0.3 is 10.1 Å². The van der Waals surface area contributed by atoms with E-state index in [1.165, 1.54) is 6.07 Å². The minimum Gasteiger partial charge on any atom is -0.491 e. The molecule has 5 heteroatoms. The average Bonchev–Trinajstić information content (AvgIpc) is 2.40. The van der Waals surface area contributed by atoms with Crippen molar-refractivity contribution in [3.63, 3.8) is 0 Å². The first-order valence-electron chi connectivity index (χ1n) is 6.10. The molecule has 4 nitrogen and oxygen atoms in total. The maximum atomic E-state index is 13.8. The van der Waals surface area contributed by atoms with Crippen LogP contribution in [-0.2, 0) is 0 Å². The van der Waals surface area contributed by atoms with Gasteiger partial charge in [-0.15, -0.1) is 0 Å². The number of benzene rings is 1. The van der Waals surface area contributed by atoms with Crippen molar-refractivity contribution in [1.82, 2.24) is 9.97 Å². The zero-order valence-electron chi connectivity index (χ0n) is 11.2. The van der Waals surface area contributed by atoms with Gasteiger partial charge in [-0.05, 0) is 38.1 Å². The summed E-state index contributed by atoms with van der Waals surface area (Å²) in [5.41, 5.74) is 2.20. The number of halogens is 1. The fraction of sp³-hybridized carbons (Fsp3) is 0.286. The first-order valence-corrected chi connectivity index (χ1v) is 6.10. The minimum absolute atomic E-state index is 0.255. The Labute approximate surface area is 111 Å². The second kappa shape index (κ2) is 5.65. The monoisotopic (exact) mass is 261 g/mol. The molecule has 0 atom stereocenters. The quantitative estimate of drug-likeness (QED) is 0.919. The van der Waals surface area contributed by atoms with E-state index >= 15 is 0 Å². The Morgan fingerprint density at radius 2 is 2.05 bits per heavy atom. The number of nitrogens with zero attached hydrogens (tertiary/aromatic N) is 2. The molecule has 1 heterocycles. The smallest absolute Gasteiger partial charge is 0.223 e. The van der Waals surface area contributed by atoms with E-state index in [1.54, 1.807) is 19.2 Å². The molecule has 0 unspecified atom stereocenters. The summed E-state index contributed by atoms with van der Waals surface area (Å²) >= 11 is 0. The molecule has 1 N–H and O–H groups in total. The number of rotatable bonds is 4. The SMILES string of the molecule is CCOc1ccc(-c2cc(C)nc(NC)n2)cc1F. The number of nitrogens with one attached hydrogen (secondary N) is 1. The Balaban J connectivity index is 2.41. The van der Waals surface area contributed by atoms with E-state index in [2.05, 4.69) is 15.3 Å². The zero-order chi connectivity index (χ0) is 13.8. The van der Waals surface area contributed by atoms with E-state index in [0.717, 1.165) is 5.69 Å². The molecule has 0 saturated carbocycles. The minimum atomic E-state index is -0.387. The summed E-state index contributed by atoms with van der Waals surface area (Å²) in [5, 5.41) is 2.88. The van der Waals surface area contributed by atoms with Crippen molar-refractivity contribution in [1.29, 1.82) is 0 Å². The Hall–Kier alpha value is -2.17. The first kappa shape index (κ1) is 13.3. The number of hydrogen-bond acceptors (Lipinski definition) is 4. The summed E-state index contributed by atoms with van der Waals surface area (Å²) in [5.74, 6) is 0.386. The molecule has 2 rings (SSSR count). The highest BCUT2D eigenvalue weighted by atomic mass is 19.1. The molecule has 1 aromatic carbocycles. The van der Waals surface area contributed by atoms with Crippen LogP contribution in [0.25, 0.3) is 11.3 Å². The van der Waals surface area contributed by atoms with Crippen LogP contribution in [-0.4, -0.2) is 23.6 Å². The third-order valence-electron chi connectivity index (χ3n) is 2.61. The maximum Gasteiger partial charge on any atom is 0.223 e. The lowest BCUT2D eigenvalue weighted by molar-refractivity contribution is 0.321. The van der Waals surface area contributed by atoms with Crippen molar-refractivity contribution in [2.45, 2.75) is 13.8 Å². The van der Waals surface area contributed by atoms with Crippen LogP contribution >= 0.6 is 0 Å². The fourth-order valence-electron chi connectivity index (χ4n) is 1.76. The zero-order valence-corrected chi connectivity index (χ0v) is 11.2. The lowest BCUT2D eigenvalue weighted by Crippen LogP contribution is -2.00. The number of hydrogen-bond donors (Lipinski definition) is 1. The van der Waals surface area contributed by atoms with Crippen LogP contribution in [0.4, 0.5) is 10.3 Å². The molecular formula is C14H16FN3O. The molecule has 0 saturated heterocycles. The summed E-state index contributed by atoms with van der Waals surface area (Å²) in [6, 6.07) is 6.64.